The zero-order valence-corrected chi connectivity index (χ0v) is 16.3. The molecule has 3 rings (SSSR count). The molecule has 1 N–H and O–H groups in total. The van der Waals surface area contributed by atoms with Gasteiger partial charge in [-0.05, 0) is 49.9 Å². The molecular formula is C22H26N2O3. The van der Waals surface area contributed by atoms with Crippen LogP contribution in [0.5, 0.6) is 5.75 Å². The van der Waals surface area contributed by atoms with Gasteiger partial charge in [0.25, 0.3) is 0 Å². The van der Waals surface area contributed by atoms with Crippen molar-refractivity contribution in [3.8, 4) is 5.75 Å². The Morgan fingerprint density at radius 1 is 1.15 bits per heavy atom. The standard InChI is InChI=1S/C22H26N2O3/c1-14-9-15(2)21(16(3)10-14)23-20(25)12-24(4)22(26)18-11-17-7-5-6-8-19(17)27-13-18/h5-10,18H,11-13H2,1-4H3,(H,23,25). The SMILES string of the molecule is Cc1cc(C)c(NC(=O)CN(C)C(=O)C2COc3ccccc3C2)c(C)c1. The lowest BCUT2D eigenvalue weighted by molar-refractivity contribution is -0.138. The van der Waals surface area contributed by atoms with Crippen LogP contribution in [0.25, 0.3) is 0 Å². The highest BCUT2D eigenvalue weighted by Gasteiger charge is 2.28. The van der Waals surface area contributed by atoms with E-state index in [1.54, 1.807) is 7.05 Å². The number of nitrogens with one attached hydrogen (secondary N) is 1. The van der Waals surface area contributed by atoms with E-state index in [4.69, 9.17) is 4.74 Å². The topological polar surface area (TPSA) is 58.6 Å². The first-order chi connectivity index (χ1) is 12.8. The fourth-order valence-corrected chi connectivity index (χ4v) is 3.65. The molecule has 0 radical (unpaired) electrons. The number of para-hydroxylation sites is 1. The number of benzene rings is 2. The summed E-state index contributed by atoms with van der Waals surface area (Å²) in [6.07, 6.45) is 0.636. The number of aryl methyl sites for hydroxylation is 3. The van der Waals surface area contributed by atoms with E-state index in [2.05, 4.69) is 5.32 Å². The number of fused-ring (bicyclic) bond motifs is 1. The lowest BCUT2D eigenvalue weighted by Gasteiger charge is -2.28. The number of carbonyl (C=O) groups is 2. The van der Waals surface area contributed by atoms with E-state index >= 15 is 0 Å². The van der Waals surface area contributed by atoms with Gasteiger partial charge in [-0.25, -0.2) is 0 Å². The molecule has 0 saturated carbocycles. The smallest absolute Gasteiger partial charge is 0.243 e. The Kier molecular flexibility index (Phi) is 5.49. The third-order valence-electron chi connectivity index (χ3n) is 4.93. The summed E-state index contributed by atoms with van der Waals surface area (Å²) in [5.41, 5.74) is 5.05. The fraction of sp³-hybridized carbons (Fsp3) is 0.364. The maximum Gasteiger partial charge on any atom is 0.243 e. The molecule has 2 aromatic carbocycles. The minimum absolute atomic E-state index is 0.0176. The van der Waals surface area contributed by atoms with Crippen LogP contribution < -0.4 is 10.1 Å². The number of likely N-dealkylation sites (N-methyl/N-ethyl adjacent to an activating group) is 1. The Hall–Kier alpha value is -2.82. The summed E-state index contributed by atoms with van der Waals surface area (Å²) >= 11 is 0. The molecule has 5 heteroatoms. The van der Waals surface area contributed by atoms with Crippen LogP contribution in [-0.4, -0.2) is 36.9 Å². The zero-order valence-electron chi connectivity index (χ0n) is 16.3. The summed E-state index contributed by atoms with van der Waals surface area (Å²) < 4.78 is 5.70. The van der Waals surface area contributed by atoms with Crippen LogP contribution in [0.4, 0.5) is 5.69 Å². The normalized spacial score (nSPS) is 15.5. The van der Waals surface area contributed by atoms with E-state index in [-0.39, 0.29) is 24.3 Å². The quantitative estimate of drug-likeness (QED) is 0.904. The number of amides is 2. The Morgan fingerprint density at radius 3 is 2.52 bits per heavy atom. The number of ether oxygens (including phenoxy) is 1. The summed E-state index contributed by atoms with van der Waals surface area (Å²) in [5.74, 6) is 0.308. The van der Waals surface area contributed by atoms with Crippen molar-refractivity contribution < 1.29 is 14.3 Å². The number of nitrogens with zero attached hydrogens (tertiary/aromatic N) is 1. The molecule has 0 aliphatic carbocycles. The van der Waals surface area contributed by atoms with Gasteiger partial charge in [-0.2, -0.15) is 0 Å². The molecule has 27 heavy (non-hydrogen) atoms. The van der Waals surface area contributed by atoms with E-state index in [0.717, 1.165) is 33.7 Å². The first-order valence-electron chi connectivity index (χ1n) is 9.18. The van der Waals surface area contributed by atoms with E-state index < -0.39 is 0 Å². The highest BCUT2D eigenvalue weighted by molar-refractivity contribution is 5.96. The highest BCUT2D eigenvalue weighted by Crippen LogP contribution is 2.27. The van der Waals surface area contributed by atoms with Crippen molar-refractivity contribution >= 4 is 17.5 Å². The van der Waals surface area contributed by atoms with Crippen molar-refractivity contribution in [1.82, 2.24) is 4.90 Å². The number of carbonyl (C=O) groups excluding carboxylic acids is 2. The Morgan fingerprint density at radius 2 is 1.81 bits per heavy atom. The van der Waals surface area contributed by atoms with Gasteiger partial charge in [0, 0.05) is 12.7 Å². The van der Waals surface area contributed by atoms with E-state index in [9.17, 15) is 9.59 Å². The summed E-state index contributed by atoms with van der Waals surface area (Å²) in [6.45, 7) is 6.34. The molecule has 142 valence electrons. The average Bonchev–Trinajstić information content (AvgIpc) is 2.63. The molecule has 1 heterocycles. The van der Waals surface area contributed by atoms with Gasteiger partial charge in [0.1, 0.15) is 12.4 Å². The molecule has 1 aliphatic rings. The predicted molar refractivity (Wildman–Crippen MR) is 106 cm³/mol. The maximum absolute atomic E-state index is 12.7. The van der Waals surface area contributed by atoms with Crippen LogP contribution in [0.2, 0.25) is 0 Å². The van der Waals surface area contributed by atoms with Gasteiger partial charge < -0.3 is 15.0 Å². The third-order valence-corrected chi connectivity index (χ3v) is 4.93. The second-order valence-electron chi connectivity index (χ2n) is 7.34. The molecular weight excluding hydrogens is 340 g/mol. The van der Waals surface area contributed by atoms with Crippen LogP contribution in [0.1, 0.15) is 22.3 Å². The molecule has 0 saturated heterocycles. The monoisotopic (exact) mass is 366 g/mol. The van der Waals surface area contributed by atoms with Crippen LogP contribution >= 0.6 is 0 Å². The van der Waals surface area contributed by atoms with Crippen LogP contribution in [0.15, 0.2) is 36.4 Å². The zero-order chi connectivity index (χ0) is 19.6. The fourth-order valence-electron chi connectivity index (χ4n) is 3.65. The highest BCUT2D eigenvalue weighted by atomic mass is 16.5. The third kappa shape index (κ3) is 4.30. The first-order valence-corrected chi connectivity index (χ1v) is 9.18. The molecule has 0 bridgehead atoms. The van der Waals surface area contributed by atoms with Gasteiger partial charge in [-0.1, -0.05) is 35.9 Å². The van der Waals surface area contributed by atoms with Gasteiger partial charge in [0.15, 0.2) is 0 Å². The lowest BCUT2D eigenvalue weighted by Crippen LogP contribution is -2.42. The summed E-state index contributed by atoms with van der Waals surface area (Å²) in [4.78, 5) is 26.7. The number of hydrogen-bond acceptors (Lipinski definition) is 3. The van der Waals surface area contributed by atoms with Crippen molar-refractivity contribution in [2.75, 3.05) is 25.5 Å². The van der Waals surface area contributed by atoms with Gasteiger partial charge in [0.05, 0.1) is 12.5 Å². The molecule has 2 aromatic rings. The molecule has 1 atom stereocenters. The van der Waals surface area contributed by atoms with Crippen molar-refractivity contribution in [2.24, 2.45) is 5.92 Å². The molecule has 0 fully saturated rings. The Bertz CT molecular complexity index is 853. The summed E-state index contributed by atoms with van der Waals surface area (Å²) in [7, 11) is 1.66. The van der Waals surface area contributed by atoms with E-state index in [1.807, 2.05) is 57.2 Å². The number of anilines is 1. The molecule has 1 unspecified atom stereocenters. The summed E-state index contributed by atoms with van der Waals surface area (Å²) in [5, 5.41) is 2.95. The van der Waals surface area contributed by atoms with Crippen molar-refractivity contribution in [3.63, 3.8) is 0 Å². The largest absolute Gasteiger partial charge is 0.492 e. The van der Waals surface area contributed by atoms with Crippen molar-refractivity contribution in [3.05, 3.63) is 58.7 Å². The molecule has 1 aliphatic heterocycles. The van der Waals surface area contributed by atoms with E-state index in [0.29, 0.717) is 13.0 Å². The molecule has 2 amide bonds. The van der Waals surface area contributed by atoms with Crippen molar-refractivity contribution in [2.45, 2.75) is 27.2 Å². The average molecular weight is 366 g/mol. The van der Waals surface area contributed by atoms with Crippen LogP contribution in [0.3, 0.4) is 0 Å². The first kappa shape index (κ1) is 19.0. The van der Waals surface area contributed by atoms with Crippen molar-refractivity contribution in [1.29, 1.82) is 0 Å². The number of hydrogen-bond donors (Lipinski definition) is 1. The molecule has 5 nitrogen and oxygen atoms in total. The predicted octanol–water partition coefficient (Wildman–Crippen LogP) is 3.26. The second-order valence-corrected chi connectivity index (χ2v) is 7.34. The van der Waals surface area contributed by atoms with Crippen LogP contribution in [0, 0.1) is 26.7 Å². The number of rotatable bonds is 4. The Balaban J connectivity index is 1.61. The van der Waals surface area contributed by atoms with Gasteiger partial charge in [-0.3, -0.25) is 9.59 Å². The Labute approximate surface area is 160 Å². The lowest BCUT2D eigenvalue weighted by atomic mass is 9.95. The van der Waals surface area contributed by atoms with Gasteiger partial charge >= 0.3 is 0 Å². The van der Waals surface area contributed by atoms with E-state index in [1.165, 1.54) is 4.90 Å². The molecule has 0 spiro atoms. The minimum Gasteiger partial charge on any atom is -0.492 e. The summed E-state index contributed by atoms with van der Waals surface area (Å²) in [6, 6.07) is 11.8. The van der Waals surface area contributed by atoms with Gasteiger partial charge in [-0.15, -0.1) is 0 Å². The maximum atomic E-state index is 12.7. The minimum atomic E-state index is -0.263. The van der Waals surface area contributed by atoms with Gasteiger partial charge in [0.2, 0.25) is 11.8 Å². The van der Waals surface area contributed by atoms with Crippen LogP contribution in [-0.2, 0) is 16.0 Å². The second kappa shape index (κ2) is 7.82. The molecule has 0 aromatic heterocycles.